The quantitative estimate of drug-likeness (QED) is 0.660. The van der Waals surface area contributed by atoms with Crippen LogP contribution in [0.2, 0.25) is 0 Å². The van der Waals surface area contributed by atoms with Crippen LogP contribution < -0.4 is 0 Å². The van der Waals surface area contributed by atoms with E-state index in [4.69, 9.17) is 0 Å². The number of hydrogen-bond donors (Lipinski definition) is 0. The van der Waals surface area contributed by atoms with E-state index in [0.717, 1.165) is 25.2 Å². The molecule has 0 spiro atoms. The molecule has 0 aromatic heterocycles. The van der Waals surface area contributed by atoms with E-state index < -0.39 is 0 Å². The average Bonchev–Trinajstić information content (AvgIpc) is 2.17. The first-order valence-electron chi connectivity index (χ1n) is 6.03. The van der Waals surface area contributed by atoms with Crippen molar-refractivity contribution < 1.29 is 0 Å². The first-order chi connectivity index (χ1) is 6.62. The Morgan fingerprint density at radius 2 is 2.29 bits per heavy atom. The van der Waals surface area contributed by atoms with E-state index >= 15 is 0 Å². The molecule has 1 heteroatoms. The van der Waals surface area contributed by atoms with Crippen LogP contribution in [0.3, 0.4) is 0 Å². The molecular formula is C13H23N. The molecule has 1 rings (SSSR count). The summed E-state index contributed by atoms with van der Waals surface area (Å²) in [4.78, 5) is 0. The van der Waals surface area contributed by atoms with E-state index in [1.165, 1.54) is 19.3 Å². The normalized spacial score (nSPS) is 34.9. The van der Waals surface area contributed by atoms with Crippen molar-refractivity contribution >= 4 is 0 Å². The lowest BCUT2D eigenvalue weighted by Gasteiger charge is -2.36. The highest BCUT2D eigenvalue weighted by atomic mass is 14.4. The van der Waals surface area contributed by atoms with Crippen LogP contribution in [0.1, 0.15) is 59.3 Å². The molecular weight excluding hydrogens is 170 g/mol. The Kier molecular flexibility index (Phi) is 3.98. The standard InChI is InChI=1S/C13H23N/c1-4-11(2)8-13(10-14)7-5-6-12(3)9-13/h11-12H,4-9H2,1-3H3. The van der Waals surface area contributed by atoms with Crippen molar-refractivity contribution in [3.8, 4) is 6.07 Å². The highest BCUT2D eigenvalue weighted by Crippen LogP contribution is 2.43. The lowest BCUT2D eigenvalue weighted by molar-refractivity contribution is 0.171. The Bertz CT molecular complexity index is 216. The van der Waals surface area contributed by atoms with Crippen molar-refractivity contribution in [1.82, 2.24) is 0 Å². The van der Waals surface area contributed by atoms with Crippen LogP contribution in [0.5, 0.6) is 0 Å². The summed E-state index contributed by atoms with van der Waals surface area (Å²) in [7, 11) is 0. The zero-order valence-electron chi connectivity index (χ0n) is 9.84. The molecule has 1 aliphatic rings. The maximum absolute atomic E-state index is 9.35. The predicted molar refractivity (Wildman–Crippen MR) is 59.8 cm³/mol. The molecule has 0 aliphatic heterocycles. The van der Waals surface area contributed by atoms with Crippen LogP contribution in [0.15, 0.2) is 0 Å². The van der Waals surface area contributed by atoms with E-state index in [9.17, 15) is 5.26 Å². The topological polar surface area (TPSA) is 23.8 Å². The van der Waals surface area contributed by atoms with Crippen LogP contribution >= 0.6 is 0 Å². The molecule has 1 saturated carbocycles. The van der Waals surface area contributed by atoms with E-state index in [-0.39, 0.29) is 5.41 Å². The van der Waals surface area contributed by atoms with Crippen molar-refractivity contribution in [1.29, 1.82) is 5.26 Å². The summed E-state index contributed by atoms with van der Waals surface area (Å²) < 4.78 is 0. The van der Waals surface area contributed by atoms with E-state index in [1.807, 2.05) is 0 Å². The number of rotatable bonds is 3. The molecule has 1 aliphatic carbocycles. The summed E-state index contributed by atoms with van der Waals surface area (Å²) in [5, 5.41) is 9.35. The van der Waals surface area contributed by atoms with E-state index in [2.05, 4.69) is 26.8 Å². The minimum Gasteiger partial charge on any atom is -0.198 e. The average molecular weight is 193 g/mol. The Morgan fingerprint density at radius 1 is 1.57 bits per heavy atom. The highest BCUT2D eigenvalue weighted by Gasteiger charge is 2.35. The number of nitrogens with zero attached hydrogens (tertiary/aromatic N) is 1. The van der Waals surface area contributed by atoms with Gasteiger partial charge in [0.05, 0.1) is 11.5 Å². The smallest absolute Gasteiger partial charge is 0.0689 e. The first-order valence-corrected chi connectivity index (χ1v) is 6.03. The van der Waals surface area contributed by atoms with Gasteiger partial charge < -0.3 is 0 Å². The van der Waals surface area contributed by atoms with Gasteiger partial charge >= 0.3 is 0 Å². The van der Waals surface area contributed by atoms with Gasteiger partial charge in [0.2, 0.25) is 0 Å². The second kappa shape index (κ2) is 4.82. The predicted octanol–water partition coefficient (Wildman–Crippen LogP) is 4.14. The van der Waals surface area contributed by atoms with Gasteiger partial charge in [-0.15, -0.1) is 0 Å². The zero-order chi connectivity index (χ0) is 10.6. The summed E-state index contributed by atoms with van der Waals surface area (Å²) in [6.45, 7) is 6.79. The van der Waals surface area contributed by atoms with Crippen molar-refractivity contribution in [2.45, 2.75) is 59.3 Å². The van der Waals surface area contributed by atoms with Crippen molar-refractivity contribution in [3.63, 3.8) is 0 Å². The molecule has 0 aromatic rings. The molecule has 14 heavy (non-hydrogen) atoms. The lowest BCUT2D eigenvalue weighted by Crippen LogP contribution is -2.28. The molecule has 0 radical (unpaired) electrons. The van der Waals surface area contributed by atoms with Crippen molar-refractivity contribution in [3.05, 3.63) is 0 Å². The fraction of sp³-hybridized carbons (Fsp3) is 0.923. The number of nitriles is 1. The van der Waals surface area contributed by atoms with Crippen LogP contribution in [-0.2, 0) is 0 Å². The first kappa shape index (κ1) is 11.6. The summed E-state index contributed by atoms with van der Waals surface area (Å²) in [6.07, 6.45) is 7.17. The molecule has 0 amide bonds. The Labute approximate surface area is 88.5 Å². The van der Waals surface area contributed by atoms with Gasteiger partial charge in [-0.25, -0.2) is 0 Å². The fourth-order valence-corrected chi connectivity index (χ4v) is 2.80. The minimum absolute atomic E-state index is 0.0209. The number of hydrogen-bond acceptors (Lipinski definition) is 1. The summed E-state index contributed by atoms with van der Waals surface area (Å²) in [5.74, 6) is 1.47. The third-order valence-electron chi connectivity index (χ3n) is 3.76. The van der Waals surface area contributed by atoms with Gasteiger partial charge in [0.25, 0.3) is 0 Å². The molecule has 3 unspecified atom stereocenters. The van der Waals surface area contributed by atoms with Crippen LogP contribution in [0, 0.1) is 28.6 Å². The second-order valence-electron chi connectivity index (χ2n) is 5.31. The van der Waals surface area contributed by atoms with Crippen LogP contribution in [0.4, 0.5) is 0 Å². The minimum atomic E-state index is 0.0209. The summed E-state index contributed by atoms with van der Waals surface area (Å²) >= 11 is 0. The Morgan fingerprint density at radius 3 is 2.79 bits per heavy atom. The fourth-order valence-electron chi connectivity index (χ4n) is 2.80. The summed E-state index contributed by atoms with van der Waals surface area (Å²) in [5.41, 5.74) is 0.0209. The van der Waals surface area contributed by atoms with E-state index in [1.54, 1.807) is 0 Å². The Hall–Kier alpha value is -0.510. The molecule has 1 fully saturated rings. The zero-order valence-corrected chi connectivity index (χ0v) is 9.84. The maximum atomic E-state index is 9.35. The molecule has 0 N–H and O–H groups in total. The molecule has 0 saturated heterocycles. The van der Waals surface area contributed by atoms with Crippen LogP contribution in [-0.4, -0.2) is 0 Å². The van der Waals surface area contributed by atoms with Gasteiger partial charge in [0.15, 0.2) is 0 Å². The van der Waals surface area contributed by atoms with Gasteiger partial charge in [0, 0.05) is 0 Å². The molecule has 0 aromatic carbocycles. The molecule has 1 nitrogen and oxygen atoms in total. The van der Waals surface area contributed by atoms with Gasteiger partial charge in [-0.1, -0.05) is 40.0 Å². The van der Waals surface area contributed by atoms with Crippen molar-refractivity contribution in [2.75, 3.05) is 0 Å². The maximum Gasteiger partial charge on any atom is 0.0689 e. The third kappa shape index (κ3) is 2.74. The highest BCUT2D eigenvalue weighted by molar-refractivity contribution is 5.02. The van der Waals surface area contributed by atoms with Crippen LogP contribution in [0.25, 0.3) is 0 Å². The largest absolute Gasteiger partial charge is 0.198 e. The molecule has 0 bridgehead atoms. The molecule has 0 heterocycles. The van der Waals surface area contributed by atoms with E-state index in [0.29, 0.717) is 5.92 Å². The monoisotopic (exact) mass is 193 g/mol. The molecule has 80 valence electrons. The van der Waals surface area contributed by atoms with Crippen molar-refractivity contribution in [2.24, 2.45) is 17.3 Å². The SMILES string of the molecule is CCC(C)CC1(C#N)CCCC(C)C1. The van der Waals surface area contributed by atoms with Gasteiger partial charge in [-0.2, -0.15) is 5.26 Å². The van der Waals surface area contributed by atoms with Gasteiger partial charge in [-0.05, 0) is 31.1 Å². The van der Waals surface area contributed by atoms with Gasteiger partial charge in [0.1, 0.15) is 0 Å². The Balaban J connectivity index is 2.61. The third-order valence-corrected chi connectivity index (χ3v) is 3.76. The lowest BCUT2D eigenvalue weighted by atomic mass is 9.67. The summed E-state index contributed by atoms with van der Waals surface area (Å²) in [6, 6.07) is 2.61. The van der Waals surface area contributed by atoms with Gasteiger partial charge in [-0.3, -0.25) is 0 Å². The second-order valence-corrected chi connectivity index (χ2v) is 5.31. The molecule has 3 atom stereocenters.